The first kappa shape index (κ1) is 19.9. The zero-order valence-electron chi connectivity index (χ0n) is 15.8. The van der Waals surface area contributed by atoms with E-state index >= 15 is 0 Å². The number of furan rings is 1. The molecule has 0 saturated carbocycles. The van der Waals surface area contributed by atoms with Crippen molar-refractivity contribution in [2.45, 2.75) is 0 Å². The smallest absolute Gasteiger partial charge is 0.283 e. The van der Waals surface area contributed by atoms with Gasteiger partial charge in [-0.25, -0.2) is 0 Å². The average molecular weight is 466 g/mol. The lowest BCUT2D eigenvalue weighted by atomic mass is 10.1. The van der Waals surface area contributed by atoms with Crippen molar-refractivity contribution >= 4 is 63.6 Å². The van der Waals surface area contributed by atoms with Crippen LogP contribution < -0.4 is 0 Å². The highest BCUT2D eigenvalue weighted by molar-refractivity contribution is 8.17. The Balaban J connectivity index is 1.49. The van der Waals surface area contributed by atoms with Crippen molar-refractivity contribution < 1.29 is 9.21 Å². The van der Waals surface area contributed by atoms with Gasteiger partial charge < -0.3 is 4.42 Å². The summed E-state index contributed by atoms with van der Waals surface area (Å²) < 4.78 is 5.87. The normalized spacial score (nSPS) is 17.1. The van der Waals surface area contributed by atoms with Gasteiger partial charge in [-0.1, -0.05) is 65.3 Å². The number of rotatable bonds is 3. The van der Waals surface area contributed by atoms with Crippen LogP contribution in [-0.4, -0.2) is 21.8 Å². The van der Waals surface area contributed by atoms with Crippen LogP contribution in [0.1, 0.15) is 11.3 Å². The number of benzene rings is 2. The van der Waals surface area contributed by atoms with Crippen molar-refractivity contribution in [3.05, 3.63) is 93.0 Å². The van der Waals surface area contributed by atoms with Gasteiger partial charge in [-0.3, -0.25) is 15.1 Å². The number of thioether (sulfide) groups is 1. The molecule has 3 aromatic rings. The Morgan fingerprint density at radius 3 is 2.48 bits per heavy atom. The van der Waals surface area contributed by atoms with Crippen molar-refractivity contribution in [2.75, 3.05) is 0 Å². The van der Waals surface area contributed by atoms with Crippen molar-refractivity contribution in [1.82, 2.24) is 4.90 Å². The summed E-state index contributed by atoms with van der Waals surface area (Å²) in [6.07, 6.45) is 1.53. The second-order valence-electron chi connectivity index (χ2n) is 6.79. The maximum absolute atomic E-state index is 12.6. The number of carbonyl (C=O) groups excluding carboxylic acids is 1. The third kappa shape index (κ3) is 3.74. The van der Waals surface area contributed by atoms with E-state index in [1.165, 1.54) is 17.8 Å². The maximum atomic E-state index is 12.6. The molecule has 0 unspecified atom stereocenters. The summed E-state index contributed by atoms with van der Waals surface area (Å²) in [7, 11) is 0. The Morgan fingerprint density at radius 1 is 1.00 bits per heavy atom. The van der Waals surface area contributed by atoms with Gasteiger partial charge in [0.2, 0.25) is 0 Å². The third-order valence-corrected chi connectivity index (χ3v) is 6.01. The molecule has 2 aliphatic rings. The molecule has 0 atom stereocenters. The zero-order valence-corrected chi connectivity index (χ0v) is 18.1. The second-order valence-corrected chi connectivity index (χ2v) is 8.50. The largest absolute Gasteiger partial charge is 0.457 e. The van der Waals surface area contributed by atoms with Gasteiger partial charge >= 0.3 is 0 Å². The molecular weight excluding hydrogens is 453 g/mol. The number of amidine groups is 2. The number of nitrogens with one attached hydrogen (secondary N) is 1. The number of fused-ring (bicyclic) bond motifs is 1. The van der Waals surface area contributed by atoms with Crippen LogP contribution in [0.15, 0.2) is 81.1 Å². The second kappa shape index (κ2) is 7.89. The summed E-state index contributed by atoms with van der Waals surface area (Å²) in [5, 5.41) is 12.0. The van der Waals surface area contributed by atoms with Crippen molar-refractivity contribution in [1.29, 1.82) is 5.41 Å². The predicted molar refractivity (Wildman–Crippen MR) is 126 cm³/mol. The molecule has 0 bridgehead atoms. The molecule has 152 valence electrons. The minimum absolute atomic E-state index is 0.0545. The van der Waals surface area contributed by atoms with E-state index < -0.39 is 5.91 Å². The van der Waals surface area contributed by atoms with Crippen molar-refractivity contribution in [3.8, 4) is 11.3 Å². The first-order valence-electron chi connectivity index (χ1n) is 9.22. The Labute approximate surface area is 192 Å². The molecule has 2 aromatic carbocycles. The summed E-state index contributed by atoms with van der Waals surface area (Å²) >= 11 is 13.5. The van der Waals surface area contributed by atoms with E-state index in [0.29, 0.717) is 26.7 Å². The number of hydrogen-bond donors (Lipinski definition) is 1. The average Bonchev–Trinajstić information content (AvgIpc) is 3.38. The molecule has 1 aromatic heterocycles. The molecule has 0 aliphatic carbocycles. The Morgan fingerprint density at radius 2 is 1.74 bits per heavy atom. The quantitative estimate of drug-likeness (QED) is 0.444. The van der Waals surface area contributed by atoms with Crippen LogP contribution in [0.4, 0.5) is 0 Å². The molecule has 3 heterocycles. The molecule has 31 heavy (non-hydrogen) atoms. The fraction of sp³-hybridized carbons (Fsp3) is 0. The number of nitrogens with zero attached hydrogens (tertiary/aromatic N) is 2. The van der Waals surface area contributed by atoms with E-state index in [1.54, 1.807) is 35.2 Å². The molecule has 0 radical (unpaired) electrons. The fourth-order valence-electron chi connectivity index (χ4n) is 3.34. The van der Waals surface area contributed by atoms with E-state index in [9.17, 15) is 4.79 Å². The van der Waals surface area contributed by atoms with Gasteiger partial charge in [-0.2, -0.15) is 4.99 Å². The third-order valence-electron chi connectivity index (χ3n) is 4.74. The predicted octanol–water partition coefficient (Wildman–Crippen LogP) is 6.56. The van der Waals surface area contributed by atoms with Gasteiger partial charge in [0.25, 0.3) is 5.91 Å². The Hall–Kier alpha value is -3.06. The van der Waals surface area contributed by atoms with Gasteiger partial charge in [0, 0.05) is 21.0 Å². The first-order valence-corrected chi connectivity index (χ1v) is 10.9. The molecule has 0 spiro atoms. The van der Waals surface area contributed by atoms with Crippen LogP contribution >= 0.6 is 35.0 Å². The van der Waals surface area contributed by atoms with E-state index in [2.05, 4.69) is 4.99 Å². The van der Waals surface area contributed by atoms with Crippen LogP contribution in [0.25, 0.3) is 23.1 Å². The van der Waals surface area contributed by atoms with E-state index in [1.807, 2.05) is 35.7 Å². The first-order chi connectivity index (χ1) is 15.0. The molecule has 5 nitrogen and oxygen atoms in total. The van der Waals surface area contributed by atoms with Crippen molar-refractivity contribution in [2.24, 2.45) is 4.99 Å². The minimum atomic E-state index is -0.477. The van der Waals surface area contributed by atoms with E-state index in [0.717, 1.165) is 16.8 Å². The molecule has 2 aliphatic heterocycles. The summed E-state index contributed by atoms with van der Waals surface area (Å²) in [4.78, 5) is 18.5. The molecular formula is C23H13Cl2N3O2S. The number of aliphatic imine (C=N–C) groups is 1. The standard InChI is InChI=1S/C23H13Cl2N3O2S/c24-15-8-14(9-16(25)10-15)20-7-6-17(30-20)11-18-21(26)28-19(13-4-2-1-3-5-13)12-31-23(28)27-22(18)29/h1-12,26H. The van der Waals surface area contributed by atoms with Gasteiger partial charge in [-0.05, 0) is 42.0 Å². The summed E-state index contributed by atoms with van der Waals surface area (Å²) in [5.74, 6) is 0.556. The van der Waals surface area contributed by atoms with Crippen LogP contribution in [0.5, 0.6) is 0 Å². The molecule has 5 rings (SSSR count). The monoisotopic (exact) mass is 465 g/mol. The Kier molecular flexibility index (Phi) is 5.06. The minimum Gasteiger partial charge on any atom is -0.457 e. The van der Waals surface area contributed by atoms with Crippen molar-refractivity contribution in [3.63, 3.8) is 0 Å². The van der Waals surface area contributed by atoms with Gasteiger partial charge in [0.05, 0.1) is 11.3 Å². The molecule has 0 fully saturated rings. The molecule has 1 amide bonds. The van der Waals surface area contributed by atoms with E-state index in [-0.39, 0.29) is 11.4 Å². The van der Waals surface area contributed by atoms with Gasteiger partial charge in [0.1, 0.15) is 17.4 Å². The molecule has 8 heteroatoms. The van der Waals surface area contributed by atoms with E-state index in [4.69, 9.17) is 33.0 Å². The summed E-state index contributed by atoms with van der Waals surface area (Å²) in [6.45, 7) is 0. The van der Waals surface area contributed by atoms with Crippen LogP contribution in [0.3, 0.4) is 0 Å². The zero-order chi connectivity index (χ0) is 21.5. The lowest BCUT2D eigenvalue weighted by Crippen LogP contribution is -2.37. The number of carbonyl (C=O) groups is 1. The molecule has 1 N–H and O–H groups in total. The summed E-state index contributed by atoms with van der Waals surface area (Å²) in [6, 6.07) is 18.3. The number of amides is 1. The maximum Gasteiger partial charge on any atom is 0.283 e. The highest BCUT2D eigenvalue weighted by atomic mass is 35.5. The topological polar surface area (TPSA) is 69.7 Å². The summed E-state index contributed by atoms with van der Waals surface area (Å²) in [5.41, 5.74) is 2.62. The highest BCUT2D eigenvalue weighted by Gasteiger charge is 2.36. The van der Waals surface area contributed by atoms with Crippen LogP contribution in [0, 0.1) is 5.41 Å². The fourth-order valence-corrected chi connectivity index (χ4v) is 4.75. The lowest BCUT2D eigenvalue weighted by molar-refractivity contribution is -0.114. The lowest BCUT2D eigenvalue weighted by Gasteiger charge is -2.26. The van der Waals surface area contributed by atoms with Gasteiger partial charge in [0.15, 0.2) is 5.17 Å². The molecule has 0 saturated heterocycles. The SMILES string of the molecule is N=C1C(=Cc2ccc(-c3cc(Cl)cc(Cl)c3)o2)C(=O)N=C2SC=C(c3ccccc3)N12. The highest BCUT2D eigenvalue weighted by Crippen LogP contribution is 2.37. The number of halogens is 2. The number of hydrogen-bond acceptors (Lipinski definition) is 4. The Bertz CT molecular complexity index is 1310. The van der Waals surface area contributed by atoms with Crippen LogP contribution in [-0.2, 0) is 4.79 Å². The van der Waals surface area contributed by atoms with Gasteiger partial charge in [-0.15, -0.1) is 0 Å². The van der Waals surface area contributed by atoms with Crippen LogP contribution in [0.2, 0.25) is 10.0 Å².